The summed E-state index contributed by atoms with van der Waals surface area (Å²) in [7, 11) is 0. The molecule has 0 aliphatic rings. The van der Waals surface area contributed by atoms with Crippen LogP contribution in [0.5, 0.6) is 0 Å². The lowest BCUT2D eigenvalue weighted by atomic mass is 10.4. The molecule has 0 N–H and O–H groups in total. The topological polar surface area (TPSA) is 44.8 Å². The van der Waals surface area contributed by atoms with Gasteiger partial charge in [0, 0.05) is 6.61 Å². The van der Waals surface area contributed by atoms with Gasteiger partial charge in [-0.2, -0.15) is 0 Å². The van der Waals surface area contributed by atoms with Gasteiger partial charge in [-0.25, -0.2) is 4.79 Å². The zero-order valence-electron chi connectivity index (χ0n) is 7.67. The van der Waals surface area contributed by atoms with E-state index < -0.39 is 6.16 Å². The van der Waals surface area contributed by atoms with E-state index in [1.54, 1.807) is 0 Å². The van der Waals surface area contributed by atoms with Gasteiger partial charge in [0.05, 0.1) is 6.61 Å². The first-order chi connectivity index (χ1) is 5.81. The van der Waals surface area contributed by atoms with Crippen molar-refractivity contribution < 1.29 is 19.0 Å². The van der Waals surface area contributed by atoms with Crippen molar-refractivity contribution in [1.82, 2.24) is 0 Å². The van der Waals surface area contributed by atoms with Gasteiger partial charge >= 0.3 is 6.16 Å². The van der Waals surface area contributed by atoms with Crippen molar-refractivity contribution in [2.45, 2.75) is 26.7 Å². The van der Waals surface area contributed by atoms with E-state index in [0.29, 0.717) is 13.2 Å². The smallest absolute Gasteiger partial charge is 0.434 e. The zero-order chi connectivity index (χ0) is 9.23. The first-order valence-corrected chi connectivity index (χ1v) is 4.18. The van der Waals surface area contributed by atoms with E-state index in [1.807, 2.05) is 13.8 Å². The van der Waals surface area contributed by atoms with E-state index in [1.165, 1.54) is 0 Å². The highest BCUT2D eigenvalue weighted by atomic mass is 16.8. The summed E-state index contributed by atoms with van der Waals surface area (Å²) in [6.45, 7) is 4.77. The molecule has 4 heteroatoms. The predicted molar refractivity (Wildman–Crippen MR) is 43.8 cm³/mol. The fraction of sp³-hybridized carbons (Fsp3) is 0.875. The molecule has 0 aromatic rings. The third-order valence-corrected chi connectivity index (χ3v) is 1.18. The number of carbonyl (C=O) groups excluding carboxylic acids is 1. The molecule has 0 aromatic heterocycles. The molecule has 0 atom stereocenters. The van der Waals surface area contributed by atoms with Crippen LogP contribution in [0.2, 0.25) is 0 Å². The van der Waals surface area contributed by atoms with Crippen molar-refractivity contribution in [2.24, 2.45) is 0 Å². The van der Waals surface area contributed by atoms with Crippen molar-refractivity contribution in [3.63, 3.8) is 0 Å². The molecule has 0 aliphatic carbocycles. The third kappa shape index (κ3) is 7.34. The molecule has 0 heterocycles. The number of carbonyl (C=O) groups is 1. The summed E-state index contributed by atoms with van der Waals surface area (Å²) in [6.07, 6.45) is 1.21. The Morgan fingerprint density at radius 3 is 2.58 bits per heavy atom. The minimum atomic E-state index is -0.656. The summed E-state index contributed by atoms with van der Waals surface area (Å²) in [5, 5.41) is 0. The first kappa shape index (κ1) is 11.2. The maximum absolute atomic E-state index is 10.7. The van der Waals surface area contributed by atoms with E-state index >= 15 is 0 Å². The fourth-order valence-electron chi connectivity index (χ4n) is 0.515. The third-order valence-electron chi connectivity index (χ3n) is 1.18. The molecule has 0 spiro atoms. The van der Waals surface area contributed by atoms with Crippen LogP contribution in [0.25, 0.3) is 0 Å². The Morgan fingerprint density at radius 2 is 2.00 bits per heavy atom. The van der Waals surface area contributed by atoms with Gasteiger partial charge in [0.2, 0.25) is 0 Å². The molecule has 0 rings (SSSR count). The van der Waals surface area contributed by atoms with Crippen LogP contribution in [0.4, 0.5) is 4.79 Å². The Bertz CT molecular complexity index is 102. The Labute approximate surface area is 72.8 Å². The van der Waals surface area contributed by atoms with Crippen molar-refractivity contribution in [2.75, 3.05) is 20.0 Å². The minimum Gasteiger partial charge on any atom is -0.434 e. The second-order valence-electron chi connectivity index (χ2n) is 2.21. The Hall–Kier alpha value is -0.770. The fourth-order valence-corrected chi connectivity index (χ4v) is 0.515. The molecule has 0 bridgehead atoms. The SMILES string of the molecule is CCCCOC(=O)OCOCC. The average molecular weight is 176 g/mol. The Kier molecular flexibility index (Phi) is 7.79. The van der Waals surface area contributed by atoms with Gasteiger partial charge in [0.15, 0.2) is 6.79 Å². The molecule has 0 saturated heterocycles. The predicted octanol–water partition coefficient (Wildman–Crippen LogP) is 1.93. The quantitative estimate of drug-likeness (QED) is 0.352. The molecular formula is C8H16O4. The minimum absolute atomic E-state index is 0.0263. The number of unbranched alkanes of at least 4 members (excludes halogenated alkanes) is 1. The highest BCUT2D eigenvalue weighted by Gasteiger charge is 2.01. The number of rotatable bonds is 6. The van der Waals surface area contributed by atoms with Gasteiger partial charge in [-0.1, -0.05) is 13.3 Å². The molecule has 4 nitrogen and oxygen atoms in total. The van der Waals surface area contributed by atoms with Gasteiger partial charge in [0.1, 0.15) is 0 Å². The maximum atomic E-state index is 10.7. The normalized spacial score (nSPS) is 9.50. The van der Waals surface area contributed by atoms with Gasteiger partial charge in [-0.3, -0.25) is 0 Å². The van der Waals surface area contributed by atoms with Crippen LogP contribution in [-0.4, -0.2) is 26.2 Å². The van der Waals surface area contributed by atoms with Gasteiger partial charge < -0.3 is 14.2 Å². The number of ether oxygens (including phenoxy) is 3. The van der Waals surface area contributed by atoms with Crippen LogP contribution in [0.1, 0.15) is 26.7 Å². The van der Waals surface area contributed by atoms with Crippen molar-refractivity contribution in [1.29, 1.82) is 0 Å². The van der Waals surface area contributed by atoms with Crippen LogP contribution in [0, 0.1) is 0 Å². The molecule has 72 valence electrons. The van der Waals surface area contributed by atoms with E-state index in [4.69, 9.17) is 4.74 Å². The molecule has 0 radical (unpaired) electrons. The first-order valence-electron chi connectivity index (χ1n) is 4.18. The van der Waals surface area contributed by atoms with Crippen LogP contribution >= 0.6 is 0 Å². The molecular weight excluding hydrogens is 160 g/mol. The molecule has 0 aliphatic heterocycles. The van der Waals surface area contributed by atoms with E-state index in [0.717, 1.165) is 12.8 Å². The van der Waals surface area contributed by atoms with Crippen LogP contribution in [0.15, 0.2) is 0 Å². The maximum Gasteiger partial charge on any atom is 0.510 e. The lowest BCUT2D eigenvalue weighted by Crippen LogP contribution is -2.10. The molecule has 0 saturated carbocycles. The van der Waals surface area contributed by atoms with Crippen molar-refractivity contribution >= 4 is 6.16 Å². The molecule has 0 fully saturated rings. The second-order valence-corrected chi connectivity index (χ2v) is 2.21. The van der Waals surface area contributed by atoms with Crippen LogP contribution in [0.3, 0.4) is 0 Å². The summed E-state index contributed by atoms with van der Waals surface area (Å²) in [5.74, 6) is 0. The lowest BCUT2D eigenvalue weighted by Gasteiger charge is -2.04. The number of hydrogen-bond donors (Lipinski definition) is 0. The number of hydrogen-bond acceptors (Lipinski definition) is 4. The highest BCUT2D eigenvalue weighted by molar-refractivity contribution is 5.59. The van der Waals surface area contributed by atoms with Crippen LogP contribution < -0.4 is 0 Å². The van der Waals surface area contributed by atoms with E-state index in [9.17, 15) is 4.79 Å². The standard InChI is InChI=1S/C8H16O4/c1-3-5-6-11-8(9)12-7-10-4-2/h3-7H2,1-2H3. The lowest BCUT2D eigenvalue weighted by molar-refractivity contribution is -0.0411. The molecule has 0 amide bonds. The van der Waals surface area contributed by atoms with Crippen molar-refractivity contribution in [3.05, 3.63) is 0 Å². The van der Waals surface area contributed by atoms with E-state index in [-0.39, 0.29) is 6.79 Å². The van der Waals surface area contributed by atoms with Gasteiger partial charge in [-0.15, -0.1) is 0 Å². The van der Waals surface area contributed by atoms with Crippen molar-refractivity contribution in [3.8, 4) is 0 Å². The summed E-state index contributed by atoms with van der Waals surface area (Å²) in [6, 6.07) is 0. The monoisotopic (exact) mass is 176 g/mol. The van der Waals surface area contributed by atoms with E-state index in [2.05, 4.69) is 9.47 Å². The zero-order valence-corrected chi connectivity index (χ0v) is 7.67. The Morgan fingerprint density at radius 1 is 1.25 bits per heavy atom. The van der Waals surface area contributed by atoms with Gasteiger partial charge in [0.25, 0.3) is 0 Å². The second kappa shape index (κ2) is 8.33. The molecule has 0 aromatic carbocycles. The summed E-state index contributed by atoms with van der Waals surface area (Å²) in [5.41, 5.74) is 0. The highest BCUT2D eigenvalue weighted by Crippen LogP contribution is 1.91. The van der Waals surface area contributed by atoms with Crippen LogP contribution in [-0.2, 0) is 14.2 Å². The summed E-state index contributed by atoms with van der Waals surface area (Å²) >= 11 is 0. The largest absolute Gasteiger partial charge is 0.510 e. The summed E-state index contributed by atoms with van der Waals surface area (Å²) < 4.78 is 14.0. The Balaban J connectivity index is 3.10. The molecule has 12 heavy (non-hydrogen) atoms. The summed E-state index contributed by atoms with van der Waals surface area (Å²) in [4.78, 5) is 10.7. The molecule has 0 unspecified atom stereocenters. The van der Waals surface area contributed by atoms with Gasteiger partial charge in [-0.05, 0) is 13.3 Å². The average Bonchev–Trinajstić information content (AvgIpc) is 2.06.